The summed E-state index contributed by atoms with van der Waals surface area (Å²) in [5.74, 6) is 0.894. The van der Waals surface area contributed by atoms with Gasteiger partial charge in [0.05, 0.1) is 11.6 Å². The number of hydrogen-bond donors (Lipinski definition) is 0. The number of ether oxygens (including phenoxy) is 1. The first-order valence-corrected chi connectivity index (χ1v) is 7.17. The second kappa shape index (κ2) is 5.90. The predicted octanol–water partition coefficient (Wildman–Crippen LogP) is 4.38. The van der Waals surface area contributed by atoms with E-state index in [1.807, 2.05) is 26.0 Å². The van der Waals surface area contributed by atoms with Crippen LogP contribution in [0.15, 0.2) is 24.3 Å². The molecule has 19 heavy (non-hydrogen) atoms. The normalized spacial score (nSPS) is 10.2. The second-order valence-corrected chi connectivity index (χ2v) is 5.81. The van der Waals surface area contributed by atoms with Gasteiger partial charge in [-0.05, 0) is 55.7 Å². The zero-order valence-corrected chi connectivity index (χ0v) is 12.3. The molecule has 0 radical (unpaired) electrons. The minimum absolute atomic E-state index is 0.595. The number of nitrogens with zero attached hydrogens (tertiary/aromatic N) is 1. The Morgan fingerprint density at radius 3 is 2.32 bits per heavy atom. The van der Waals surface area contributed by atoms with Crippen LogP contribution in [0.5, 0.6) is 5.75 Å². The third kappa shape index (κ3) is 3.15. The Morgan fingerprint density at radius 1 is 1.16 bits per heavy atom. The van der Waals surface area contributed by atoms with Crippen LogP contribution in [0, 0.1) is 25.2 Å². The van der Waals surface area contributed by atoms with Crippen molar-refractivity contribution in [3.8, 4) is 11.8 Å². The number of nitriles is 1. The van der Waals surface area contributed by atoms with E-state index in [1.165, 1.54) is 9.75 Å². The third-order valence-electron chi connectivity index (χ3n) is 3.01. The van der Waals surface area contributed by atoms with Crippen molar-refractivity contribution in [3.05, 3.63) is 50.7 Å². The van der Waals surface area contributed by atoms with Gasteiger partial charge in [0.2, 0.25) is 0 Å². The molecule has 2 rings (SSSR count). The number of hydrogen-bond acceptors (Lipinski definition) is 3. The Morgan fingerprint density at radius 2 is 1.79 bits per heavy atom. The van der Waals surface area contributed by atoms with Crippen molar-refractivity contribution < 1.29 is 4.74 Å². The van der Waals surface area contributed by atoms with Crippen LogP contribution in [0.1, 0.15) is 33.4 Å². The van der Waals surface area contributed by atoms with Crippen molar-refractivity contribution in [3.63, 3.8) is 0 Å². The average molecular weight is 271 g/mol. The molecular weight excluding hydrogens is 254 g/mol. The van der Waals surface area contributed by atoms with Crippen LogP contribution in [-0.2, 0) is 13.0 Å². The molecule has 0 aliphatic heterocycles. The highest BCUT2D eigenvalue weighted by Gasteiger charge is 2.07. The van der Waals surface area contributed by atoms with E-state index in [0.717, 1.165) is 23.3 Å². The maximum absolute atomic E-state index is 8.93. The molecule has 0 aliphatic rings. The molecule has 0 fully saturated rings. The lowest BCUT2D eigenvalue weighted by molar-refractivity contribution is 0.305. The van der Waals surface area contributed by atoms with Crippen LogP contribution in [-0.4, -0.2) is 0 Å². The number of thiophene rings is 1. The fraction of sp³-hybridized carbons (Fsp3) is 0.312. The van der Waals surface area contributed by atoms with Gasteiger partial charge >= 0.3 is 0 Å². The number of aryl methyl sites for hydroxylation is 3. The molecule has 0 saturated carbocycles. The fourth-order valence-corrected chi connectivity index (χ4v) is 2.95. The van der Waals surface area contributed by atoms with Crippen molar-refractivity contribution in [2.75, 3.05) is 0 Å². The molecule has 0 amide bonds. The highest BCUT2D eigenvalue weighted by Crippen LogP contribution is 2.26. The Hall–Kier alpha value is -1.79. The van der Waals surface area contributed by atoms with Crippen LogP contribution in [0.2, 0.25) is 0 Å². The molecule has 0 bridgehead atoms. The van der Waals surface area contributed by atoms with Gasteiger partial charge in [0.25, 0.3) is 0 Å². The first-order chi connectivity index (χ1) is 9.13. The SMILES string of the molecule is CCc1ccc(COc2c(C)cc(C#N)cc2C)s1. The summed E-state index contributed by atoms with van der Waals surface area (Å²) >= 11 is 1.79. The summed E-state index contributed by atoms with van der Waals surface area (Å²) < 4.78 is 5.91. The Balaban J connectivity index is 2.13. The molecule has 0 unspecified atom stereocenters. The van der Waals surface area contributed by atoms with Crippen molar-refractivity contribution >= 4 is 11.3 Å². The number of benzene rings is 1. The predicted molar refractivity (Wildman–Crippen MR) is 78.7 cm³/mol. The first kappa shape index (κ1) is 13.6. The summed E-state index contributed by atoms with van der Waals surface area (Å²) in [6.07, 6.45) is 1.07. The second-order valence-electron chi connectivity index (χ2n) is 4.56. The van der Waals surface area contributed by atoms with Crippen molar-refractivity contribution in [2.24, 2.45) is 0 Å². The van der Waals surface area contributed by atoms with Gasteiger partial charge in [-0.3, -0.25) is 0 Å². The molecule has 0 atom stereocenters. The molecule has 1 heterocycles. The van der Waals surface area contributed by atoms with E-state index in [4.69, 9.17) is 10.00 Å². The average Bonchev–Trinajstić information content (AvgIpc) is 2.85. The van der Waals surface area contributed by atoms with Crippen molar-refractivity contribution in [1.29, 1.82) is 5.26 Å². The van der Waals surface area contributed by atoms with Crippen LogP contribution in [0.3, 0.4) is 0 Å². The van der Waals surface area contributed by atoms with E-state index in [0.29, 0.717) is 12.2 Å². The molecule has 0 saturated heterocycles. The molecule has 1 aromatic heterocycles. The van der Waals surface area contributed by atoms with Gasteiger partial charge in [-0.2, -0.15) is 5.26 Å². The van der Waals surface area contributed by atoms with Crippen LogP contribution in [0.25, 0.3) is 0 Å². The summed E-state index contributed by atoms with van der Waals surface area (Å²) in [6.45, 7) is 6.72. The molecular formula is C16H17NOS. The van der Waals surface area contributed by atoms with E-state index in [2.05, 4.69) is 25.1 Å². The lowest BCUT2D eigenvalue weighted by Gasteiger charge is -2.11. The Kier molecular flexibility index (Phi) is 4.24. The molecule has 98 valence electrons. The van der Waals surface area contributed by atoms with Crippen molar-refractivity contribution in [1.82, 2.24) is 0 Å². The molecule has 3 heteroatoms. The molecule has 0 aliphatic carbocycles. The molecule has 0 spiro atoms. The monoisotopic (exact) mass is 271 g/mol. The van der Waals surface area contributed by atoms with Crippen LogP contribution >= 0.6 is 11.3 Å². The minimum atomic E-state index is 0.595. The third-order valence-corrected chi connectivity index (χ3v) is 4.22. The zero-order valence-electron chi connectivity index (χ0n) is 11.5. The zero-order chi connectivity index (χ0) is 13.8. The van der Waals surface area contributed by atoms with Crippen LogP contribution in [0.4, 0.5) is 0 Å². The van der Waals surface area contributed by atoms with Crippen molar-refractivity contribution in [2.45, 2.75) is 33.8 Å². The van der Waals surface area contributed by atoms with E-state index in [-0.39, 0.29) is 0 Å². The fourth-order valence-electron chi connectivity index (χ4n) is 2.08. The lowest BCUT2D eigenvalue weighted by atomic mass is 10.1. The van der Waals surface area contributed by atoms with E-state index >= 15 is 0 Å². The van der Waals surface area contributed by atoms with Crippen LogP contribution < -0.4 is 4.74 Å². The molecule has 2 aromatic rings. The van der Waals surface area contributed by atoms with E-state index in [1.54, 1.807) is 11.3 Å². The topological polar surface area (TPSA) is 33.0 Å². The molecule has 0 N–H and O–H groups in total. The summed E-state index contributed by atoms with van der Waals surface area (Å²) in [4.78, 5) is 2.62. The van der Waals surface area contributed by atoms with Gasteiger partial charge in [-0.15, -0.1) is 11.3 Å². The van der Waals surface area contributed by atoms with Gasteiger partial charge in [0.1, 0.15) is 12.4 Å². The maximum atomic E-state index is 8.93. The first-order valence-electron chi connectivity index (χ1n) is 6.35. The quantitative estimate of drug-likeness (QED) is 0.826. The minimum Gasteiger partial charge on any atom is -0.488 e. The van der Waals surface area contributed by atoms with Gasteiger partial charge < -0.3 is 4.74 Å². The standard InChI is InChI=1S/C16H17NOS/c1-4-14-5-6-15(19-14)10-18-16-11(2)7-13(9-17)8-12(16)3/h5-8H,4,10H2,1-3H3. The van der Waals surface area contributed by atoms with E-state index < -0.39 is 0 Å². The maximum Gasteiger partial charge on any atom is 0.125 e. The van der Waals surface area contributed by atoms with Gasteiger partial charge in [0, 0.05) is 9.75 Å². The summed E-state index contributed by atoms with van der Waals surface area (Å²) in [5, 5.41) is 8.93. The molecule has 1 aromatic carbocycles. The molecule has 2 nitrogen and oxygen atoms in total. The summed E-state index contributed by atoms with van der Waals surface area (Å²) in [5.41, 5.74) is 2.72. The highest BCUT2D eigenvalue weighted by molar-refractivity contribution is 7.11. The number of rotatable bonds is 4. The largest absolute Gasteiger partial charge is 0.488 e. The lowest BCUT2D eigenvalue weighted by Crippen LogP contribution is -1.98. The highest BCUT2D eigenvalue weighted by atomic mass is 32.1. The Bertz CT molecular complexity index is 599. The van der Waals surface area contributed by atoms with Gasteiger partial charge in [-0.1, -0.05) is 6.92 Å². The van der Waals surface area contributed by atoms with Gasteiger partial charge in [-0.25, -0.2) is 0 Å². The smallest absolute Gasteiger partial charge is 0.125 e. The Labute approximate surface area is 118 Å². The summed E-state index contributed by atoms with van der Waals surface area (Å²) in [7, 11) is 0. The van der Waals surface area contributed by atoms with Gasteiger partial charge in [0.15, 0.2) is 0 Å². The van der Waals surface area contributed by atoms with E-state index in [9.17, 15) is 0 Å². The summed E-state index contributed by atoms with van der Waals surface area (Å²) in [6, 6.07) is 10.2.